The number of carbonyl (C=O) groups excluding carboxylic acids is 2. The Hall–Kier alpha value is -2.38. The Morgan fingerprint density at radius 3 is 2.69 bits per heavy atom. The van der Waals surface area contributed by atoms with Crippen molar-refractivity contribution >= 4 is 28.4 Å². The molecule has 0 aliphatic carbocycles. The molecule has 6 nitrogen and oxygen atoms in total. The molecular formula is C19H21NO5S. The highest BCUT2D eigenvalue weighted by atomic mass is 32.1. The Balaban J connectivity index is 1.87. The zero-order valence-corrected chi connectivity index (χ0v) is 15.8. The predicted octanol–water partition coefficient (Wildman–Crippen LogP) is 4.39. The average Bonchev–Trinajstić information content (AvgIpc) is 2.91. The van der Waals surface area contributed by atoms with Crippen LogP contribution in [0.15, 0.2) is 30.3 Å². The predicted molar refractivity (Wildman–Crippen MR) is 98.9 cm³/mol. The summed E-state index contributed by atoms with van der Waals surface area (Å²) >= 11 is 1.32. The van der Waals surface area contributed by atoms with Gasteiger partial charge >= 0.3 is 12.1 Å². The Morgan fingerprint density at radius 1 is 1.27 bits per heavy atom. The van der Waals surface area contributed by atoms with Crippen molar-refractivity contribution < 1.29 is 23.8 Å². The molecular weight excluding hydrogens is 354 g/mol. The number of hydrogen-bond acceptors (Lipinski definition) is 6. The van der Waals surface area contributed by atoms with Gasteiger partial charge in [-0.05, 0) is 38.5 Å². The smallest absolute Gasteiger partial charge is 0.417 e. The fourth-order valence-corrected chi connectivity index (χ4v) is 3.88. The molecule has 0 spiro atoms. The van der Waals surface area contributed by atoms with E-state index < -0.39 is 12.1 Å². The molecule has 2 heterocycles. The van der Waals surface area contributed by atoms with Gasteiger partial charge in [-0.3, -0.25) is 5.32 Å². The van der Waals surface area contributed by atoms with E-state index >= 15 is 0 Å². The molecule has 1 amide bonds. The summed E-state index contributed by atoms with van der Waals surface area (Å²) in [4.78, 5) is 25.7. The number of para-hydroxylation sites is 1. The molecule has 1 N–H and O–H groups in total. The summed E-state index contributed by atoms with van der Waals surface area (Å²) in [7, 11) is 0. The number of fused-ring (bicyclic) bond motifs is 1. The van der Waals surface area contributed by atoms with E-state index in [1.54, 1.807) is 31.2 Å². The molecule has 0 radical (unpaired) electrons. The number of amides is 1. The highest BCUT2D eigenvalue weighted by molar-refractivity contribution is 7.17. The summed E-state index contributed by atoms with van der Waals surface area (Å²) in [6.07, 6.45) is -0.0805. The minimum absolute atomic E-state index is 0.261. The topological polar surface area (TPSA) is 73.9 Å². The van der Waals surface area contributed by atoms with Gasteiger partial charge in [-0.2, -0.15) is 0 Å². The van der Waals surface area contributed by atoms with Crippen molar-refractivity contribution in [1.29, 1.82) is 0 Å². The minimum Gasteiger partial charge on any atom is -0.462 e. The van der Waals surface area contributed by atoms with Crippen molar-refractivity contribution in [3.05, 3.63) is 46.3 Å². The van der Waals surface area contributed by atoms with Crippen molar-refractivity contribution in [3.8, 4) is 5.75 Å². The molecule has 3 rings (SSSR count). The molecule has 1 aromatic carbocycles. The third kappa shape index (κ3) is 4.05. The summed E-state index contributed by atoms with van der Waals surface area (Å²) in [6.45, 7) is 6.35. The lowest BCUT2D eigenvalue weighted by molar-refractivity contribution is -0.0384. The van der Waals surface area contributed by atoms with E-state index in [4.69, 9.17) is 14.2 Å². The second-order valence-corrected chi connectivity index (χ2v) is 7.59. The highest BCUT2D eigenvalue weighted by Gasteiger charge is 2.34. The third-order valence-electron chi connectivity index (χ3n) is 3.94. The standard InChI is InChI=1S/C19H21NO5S/c1-4-23-17(21)15-13-10-19(2,3)24-11-14(13)26-16(15)20-18(22)25-12-8-6-5-7-9-12/h5-9H,4,10-11H2,1-3H3,(H,20,22). The number of hydrogen-bond donors (Lipinski definition) is 1. The molecule has 26 heavy (non-hydrogen) atoms. The zero-order chi connectivity index (χ0) is 18.7. The lowest BCUT2D eigenvalue weighted by Crippen LogP contribution is -2.32. The molecule has 2 aromatic rings. The monoisotopic (exact) mass is 375 g/mol. The molecule has 0 saturated carbocycles. The second-order valence-electron chi connectivity index (χ2n) is 6.48. The second kappa shape index (κ2) is 7.47. The van der Waals surface area contributed by atoms with Crippen LogP contribution >= 0.6 is 11.3 Å². The molecule has 0 saturated heterocycles. The van der Waals surface area contributed by atoms with E-state index in [0.29, 0.717) is 29.3 Å². The first-order valence-corrected chi connectivity index (χ1v) is 9.21. The van der Waals surface area contributed by atoms with Crippen molar-refractivity contribution in [1.82, 2.24) is 0 Å². The number of nitrogens with one attached hydrogen (secondary N) is 1. The van der Waals surface area contributed by atoms with Gasteiger partial charge in [0.25, 0.3) is 0 Å². The fraction of sp³-hybridized carbons (Fsp3) is 0.368. The van der Waals surface area contributed by atoms with Crippen molar-refractivity contribution in [2.45, 2.75) is 39.4 Å². The summed E-state index contributed by atoms with van der Waals surface area (Å²) < 4.78 is 16.3. The van der Waals surface area contributed by atoms with Crippen LogP contribution in [0.1, 0.15) is 41.6 Å². The Bertz CT molecular complexity index is 813. The lowest BCUT2D eigenvalue weighted by Gasteiger charge is -2.30. The third-order valence-corrected chi connectivity index (χ3v) is 5.06. The van der Waals surface area contributed by atoms with Crippen molar-refractivity contribution in [3.63, 3.8) is 0 Å². The summed E-state index contributed by atoms with van der Waals surface area (Å²) in [5.41, 5.74) is 0.893. The maximum atomic E-state index is 12.5. The van der Waals surface area contributed by atoms with Gasteiger partial charge in [0, 0.05) is 11.3 Å². The van der Waals surface area contributed by atoms with Crippen molar-refractivity contribution in [2.24, 2.45) is 0 Å². The van der Waals surface area contributed by atoms with Crippen LogP contribution in [0.4, 0.5) is 9.80 Å². The van der Waals surface area contributed by atoms with Crippen LogP contribution < -0.4 is 10.1 Å². The molecule has 1 aromatic heterocycles. The lowest BCUT2D eigenvalue weighted by atomic mass is 9.93. The maximum absolute atomic E-state index is 12.5. The molecule has 0 bridgehead atoms. The van der Waals surface area contributed by atoms with E-state index in [9.17, 15) is 9.59 Å². The Morgan fingerprint density at radius 2 is 2.00 bits per heavy atom. The molecule has 7 heteroatoms. The van der Waals surface area contributed by atoms with E-state index in [0.717, 1.165) is 10.4 Å². The van der Waals surface area contributed by atoms with Gasteiger partial charge in [0.2, 0.25) is 0 Å². The number of benzene rings is 1. The number of rotatable bonds is 4. The first-order valence-electron chi connectivity index (χ1n) is 8.39. The van der Waals surface area contributed by atoms with Crippen LogP contribution in [0, 0.1) is 0 Å². The molecule has 138 valence electrons. The Kier molecular flexibility index (Phi) is 5.29. The van der Waals surface area contributed by atoms with Gasteiger partial charge in [-0.1, -0.05) is 18.2 Å². The zero-order valence-electron chi connectivity index (χ0n) is 15.0. The normalized spacial score (nSPS) is 15.0. The highest BCUT2D eigenvalue weighted by Crippen LogP contribution is 2.40. The summed E-state index contributed by atoms with van der Waals surface area (Å²) in [6, 6.07) is 8.74. The van der Waals surface area contributed by atoms with E-state index in [2.05, 4.69) is 5.32 Å². The minimum atomic E-state index is -0.652. The summed E-state index contributed by atoms with van der Waals surface area (Å²) in [5, 5.41) is 3.11. The number of thiophene rings is 1. The van der Waals surface area contributed by atoms with Crippen LogP contribution in [-0.4, -0.2) is 24.3 Å². The van der Waals surface area contributed by atoms with Crippen molar-refractivity contribution in [2.75, 3.05) is 11.9 Å². The molecule has 0 fully saturated rings. The van der Waals surface area contributed by atoms with Crippen LogP contribution in [-0.2, 0) is 22.5 Å². The van der Waals surface area contributed by atoms with Gasteiger partial charge in [-0.25, -0.2) is 9.59 Å². The number of carbonyl (C=O) groups is 2. The average molecular weight is 375 g/mol. The van der Waals surface area contributed by atoms with Gasteiger partial charge in [0.1, 0.15) is 10.8 Å². The van der Waals surface area contributed by atoms with Crippen LogP contribution in [0.2, 0.25) is 0 Å². The van der Waals surface area contributed by atoms with E-state index in [1.165, 1.54) is 11.3 Å². The van der Waals surface area contributed by atoms with E-state index in [1.807, 2.05) is 19.9 Å². The van der Waals surface area contributed by atoms with Gasteiger partial charge in [-0.15, -0.1) is 11.3 Å². The van der Waals surface area contributed by atoms with Crippen LogP contribution in [0.3, 0.4) is 0 Å². The van der Waals surface area contributed by atoms with Crippen LogP contribution in [0.5, 0.6) is 5.75 Å². The largest absolute Gasteiger partial charge is 0.462 e. The van der Waals surface area contributed by atoms with Crippen LogP contribution in [0.25, 0.3) is 0 Å². The quantitative estimate of drug-likeness (QED) is 0.803. The molecule has 1 aliphatic heterocycles. The number of esters is 1. The van der Waals surface area contributed by atoms with E-state index in [-0.39, 0.29) is 12.2 Å². The fourth-order valence-electron chi connectivity index (χ4n) is 2.77. The molecule has 0 unspecified atom stereocenters. The molecule has 1 aliphatic rings. The number of anilines is 1. The SMILES string of the molecule is CCOC(=O)c1c(NC(=O)Oc2ccccc2)sc2c1CC(C)(C)OC2. The summed E-state index contributed by atoms with van der Waals surface area (Å²) in [5.74, 6) is -0.0221. The number of ether oxygens (including phenoxy) is 3. The first-order chi connectivity index (χ1) is 12.4. The molecule has 0 atom stereocenters. The first kappa shape index (κ1) is 18.4. The van der Waals surface area contributed by atoms with Gasteiger partial charge < -0.3 is 14.2 Å². The van der Waals surface area contributed by atoms with Gasteiger partial charge in [0.15, 0.2) is 0 Å². The van der Waals surface area contributed by atoms with Gasteiger partial charge in [0.05, 0.1) is 24.4 Å². The maximum Gasteiger partial charge on any atom is 0.417 e. The Labute approximate surface area is 156 Å².